The summed E-state index contributed by atoms with van der Waals surface area (Å²) in [5.41, 5.74) is 1.19. The van der Waals surface area contributed by atoms with Gasteiger partial charge in [0, 0.05) is 11.7 Å². The van der Waals surface area contributed by atoms with Crippen molar-refractivity contribution in [2.45, 2.75) is 17.9 Å². The number of sulfonamides is 1. The number of anilines is 1. The lowest BCUT2D eigenvalue weighted by atomic mass is 10.1. The van der Waals surface area contributed by atoms with Crippen molar-refractivity contribution >= 4 is 21.6 Å². The van der Waals surface area contributed by atoms with Gasteiger partial charge in [-0.3, -0.25) is 4.79 Å². The standard InChI is InChI=1S/C16H18FN3O3S/c1-11(12-3-2-4-13(17)9-12)19-10-16(21)20-14-5-7-15(8-6-14)24(18,22)23/h2-9,11,19H,10H2,1H3,(H,20,21)(H2,18,22,23). The monoisotopic (exact) mass is 351 g/mol. The van der Waals surface area contributed by atoms with Crippen molar-refractivity contribution < 1.29 is 17.6 Å². The molecule has 0 heterocycles. The number of carbonyl (C=O) groups is 1. The molecule has 1 amide bonds. The van der Waals surface area contributed by atoms with Gasteiger partial charge in [0.25, 0.3) is 0 Å². The van der Waals surface area contributed by atoms with Gasteiger partial charge in [0.2, 0.25) is 15.9 Å². The van der Waals surface area contributed by atoms with Crippen molar-refractivity contribution in [2.24, 2.45) is 5.14 Å². The molecular weight excluding hydrogens is 333 g/mol. The van der Waals surface area contributed by atoms with Crippen LogP contribution in [0.3, 0.4) is 0 Å². The van der Waals surface area contributed by atoms with E-state index in [0.717, 1.165) is 5.56 Å². The van der Waals surface area contributed by atoms with E-state index in [4.69, 9.17) is 5.14 Å². The van der Waals surface area contributed by atoms with Crippen molar-refractivity contribution in [1.82, 2.24) is 5.32 Å². The van der Waals surface area contributed by atoms with Crippen LogP contribution in [0.2, 0.25) is 0 Å². The third-order valence-electron chi connectivity index (χ3n) is 3.38. The topological polar surface area (TPSA) is 101 Å². The van der Waals surface area contributed by atoms with Crippen molar-refractivity contribution in [2.75, 3.05) is 11.9 Å². The fourth-order valence-electron chi connectivity index (χ4n) is 2.07. The molecule has 4 N–H and O–H groups in total. The molecule has 0 spiro atoms. The van der Waals surface area contributed by atoms with E-state index in [-0.39, 0.29) is 29.2 Å². The summed E-state index contributed by atoms with van der Waals surface area (Å²) in [4.78, 5) is 11.9. The summed E-state index contributed by atoms with van der Waals surface area (Å²) in [6, 6.07) is 11.5. The van der Waals surface area contributed by atoms with Crippen LogP contribution in [0.1, 0.15) is 18.5 Å². The molecule has 0 bridgehead atoms. The molecule has 0 aliphatic heterocycles. The van der Waals surface area contributed by atoms with Gasteiger partial charge < -0.3 is 10.6 Å². The summed E-state index contributed by atoms with van der Waals surface area (Å²) in [7, 11) is -3.76. The second kappa shape index (κ2) is 7.52. The third kappa shape index (κ3) is 5.12. The van der Waals surface area contributed by atoms with Gasteiger partial charge in [-0.15, -0.1) is 0 Å². The molecule has 0 radical (unpaired) electrons. The molecule has 0 saturated heterocycles. The molecule has 8 heteroatoms. The molecule has 0 aromatic heterocycles. The normalized spacial score (nSPS) is 12.6. The van der Waals surface area contributed by atoms with E-state index in [1.807, 2.05) is 6.92 Å². The van der Waals surface area contributed by atoms with E-state index in [9.17, 15) is 17.6 Å². The first-order chi connectivity index (χ1) is 11.3. The Morgan fingerprint density at radius 2 is 1.88 bits per heavy atom. The lowest BCUT2D eigenvalue weighted by Gasteiger charge is -2.14. The molecule has 2 aromatic carbocycles. The molecule has 1 atom stereocenters. The molecular formula is C16H18FN3O3S. The van der Waals surface area contributed by atoms with Crippen molar-refractivity contribution in [3.05, 3.63) is 59.9 Å². The van der Waals surface area contributed by atoms with Crippen LogP contribution in [0.15, 0.2) is 53.4 Å². The number of amides is 1. The quantitative estimate of drug-likeness (QED) is 0.738. The molecule has 0 aliphatic carbocycles. The predicted molar refractivity (Wildman–Crippen MR) is 89.3 cm³/mol. The highest BCUT2D eigenvalue weighted by atomic mass is 32.2. The SMILES string of the molecule is CC(NCC(=O)Nc1ccc(S(N)(=O)=O)cc1)c1cccc(F)c1. The molecule has 0 saturated carbocycles. The van der Waals surface area contributed by atoms with Crippen LogP contribution < -0.4 is 15.8 Å². The Labute approximate surface area is 139 Å². The molecule has 0 aliphatic rings. The highest BCUT2D eigenvalue weighted by molar-refractivity contribution is 7.89. The Kier molecular flexibility index (Phi) is 5.66. The maximum Gasteiger partial charge on any atom is 0.238 e. The van der Waals surface area contributed by atoms with E-state index in [1.54, 1.807) is 12.1 Å². The highest BCUT2D eigenvalue weighted by Crippen LogP contribution is 2.14. The average Bonchev–Trinajstić information content (AvgIpc) is 2.52. The average molecular weight is 351 g/mol. The van der Waals surface area contributed by atoms with E-state index in [1.165, 1.54) is 36.4 Å². The number of carbonyl (C=O) groups excluding carboxylic acids is 1. The number of nitrogens with one attached hydrogen (secondary N) is 2. The van der Waals surface area contributed by atoms with Gasteiger partial charge in [0.05, 0.1) is 11.4 Å². The van der Waals surface area contributed by atoms with Crippen molar-refractivity contribution in [3.63, 3.8) is 0 Å². The zero-order valence-corrected chi connectivity index (χ0v) is 13.8. The maximum atomic E-state index is 13.2. The van der Waals surface area contributed by atoms with Crippen molar-refractivity contribution in [1.29, 1.82) is 0 Å². The second-order valence-electron chi connectivity index (χ2n) is 5.28. The molecule has 0 fully saturated rings. The Balaban J connectivity index is 1.89. The lowest BCUT2D eigenvalue weighted by Crippen LogP contribution is -2.30. The van der Waals surface area contributed by atoms with Gasteiger partial charge in [-0.05, 0) is 48.9 Å². The van der Waals surface area contributed by atoms with Crippen LogP contribution in [0.4, 0.5) is 10.1 Å². The Morgan fingerprint density at radius 3 is 2.46 bits per heavy atom. The summed E-state index contributed by atoms with van der Waals surface area (Å²) in [5, 5.41) is 10.6. The molecule has 2 rings (SSSR count). The van der Waals surface area contributed by atoms with Gasteiger partial charge in [0.1, 0.15) is 5.82 Å². The van der Waals surface area contributed by atoms with Gasteiger partial charge in [-0.2, -0.15) is 0 Å². The van der Waals surface area contributed by atoms with Gasteiger partial charge in [-0.25, -0.2) is 17.9 Å². The number of nitrogens with two attached hydrogens (primary N) is 1. The number of hydrogen-bond donors (Lipinski definition) is 3. The minimum atomic E-state index is -3.76. The summed E-state index contributed by atoms with van der Waals surface area (Å²) in [6.45, 7) is 1.84. The van der Waals surface area contributed by atoms with E-state index in [2.05, 4.69) is 10.6 Å². The van der Waals surface area contributed by atoms with Crippen LogP contribution in [-0.4, -0.2) is 20.9 Å². The zero-order valence-electron chi connectivity index (χ0n) is 13.0. The first-order valence-electron chi connectivity index (χ1n) is 7.17. The van der Waals surface area contributed by atoms with E-state index in [0.29, 0.717) is 5.69 Å². The number of rotatable bonds is 6. The Bertz CT molecular complexity index is 823. The summed E-state index contributed by atoms with van der Waals surface area (Å²) in [5.74, 6) is -0.637. The van der Waals surface area contributed by atoms with Gasteiger partial charge in [0.15, 0.2) is 0 Å². The van der Waals surface area contributed by atoms with Crippen molar-refractivity contribution in [3.8, 4) is 0 Å². The summed E-state index contributed by atoms with van der Waals surface area (Å²) < 4.78 is 35.5. The zero-order chi connectivity index (χ0) is 17.7. The van der Waals surface area contributed by atoms with Crippen LogP contribution >= 0.6 is 0 Å². The smallest absolute Gasteiger partial charge is 0.238 e. The Morgan fingerprint density at radius 1 is 1.21 bits per heavy atom. The Hall–Kier alpha value is -2.29. The number of hydrogen-bond acceptors (Lipinski definition) is 4. The molecule has 1 unspecified atom stereocenters. The van der Waals surface area contributed by atoms with Gasteiger partial charge in [-0.1, -0.05) is 12.1 Å². The highest BCUT2D eigenvalue weighted by Gasteiger charge is 2.10. The third-order valence-corrected chi connectivity index (χ3v) is 4.31. The number of halogens is 1. The molecule has 24 heavy (non-hydrogen) atoms. The van der Waals surface area contributed by atoms with Crippen LogP contribution in [-0.2, 0) is 14.8 Å². The van der Waals surface area contributed by atoms with Crippen LogP contribution in [0.25, 0.3) is 0 Å². The fourth-order valence-corrected chi connectivity index (χ4v) is 2.59. The summed E-state index contributed by atoms with van der Waals surface area (Å²) >= 11 is 0. The minimum Gasteiger partial charge on any atom is -0.325 e. The van der Waals surface area contributed by atoms with E-state index < -0.39 is 10.0 Å². The first-order valence-corrected chi connectivity index (χ1v) is 8.72. The first kappa shape index (κ1) is 18.1. The fraction of sp³-hybridized carbons (Fsp3) is 0.188. The van der Waals surface area contributed by atoms with Crippen LogP contribution in [0, 0.1) is 5.82 Å². The van der Waals surface area contributed by atoms with E-state index >= 15 is 0 Å². The van der Waals surface area contributed by atoms with Crippen LogP contribution in [0.5, 0.6) is 0 Å². The minimum absolute atomic E-state index is 0.0224. The summed E-state index contributed by atoms with van der Waals surface area (Å²) in [6.07, 6.45) is 0. The second-order valence-corrected chi connectivity index (χ2v) is 6.84. The lowest BCUT2D eigenvalue weighted by molar-refractivity contribution is -0.115. The largest absolute Gasteiger partial charge is 0.325 e. The maximum absolute atomic E-state index is 13.2. The molecule has 6 nitrogen and oxygen atoms in total. The number of primary sulfonamides is 1. The molecule has 2 aromatic rings. The van der Waals surface area contributed by atoms with Gasteiger partial charge >= 0.3 is 0 Å². The molecule has 128 valence electrons. The predicted octanol–water partition coefficient (Wildman–Crippen LogP) is 1.76. The number of benzene rings is 2.